The van der Waals surface area contributed by atoms with E-state index in [2.05, 4.69) is 5.32 Å². The van der Waals surface area contributed by atoms with Crippen molar-refractivity contribution in [3.8, 4) is 0 Å². The van der Waals surface area contributed by atoms with Crippen molar-refractivity contribution in [2.24, 2.45) is 0 Å². The zero-order valence-electron chi connectivity index (χ0n) is 17.4. The van der Waals surface area contributed by atoms with Crippen LogP contribution in [0.2, 0.25) is 5.02 Å². The monoisotopic (exact) mass is 414 g/mol. The molecule has 1 atom stereocenters. The molecule has 1 unspecified atom stereocenters. The maximum atomic E-state index is 13.1. The van der Waals surface area contributed by atoms with E-state index in [1.165, 1.54) is 0 Å². The molecule has 1 N–H and O–H groups in total. The molecule has 0 aliphatic heterocycles. The van der Waals surface area contributed by atoms with Crippen LogP contribution in [0.15, 0.2) is 54.6 Å². The van der Waals surface area contributed by atoms with Gasteiger partial charge in [0, 0.05) is 24.5 Å². The van der Waals surface area contributed by atoms with Crippen molar-refractivity contribution < 1.29 is 9.59 Å². The molecule has 0 saturated heterocycles. The van der Waals surface area contributed by atoms with Crippen LogP contribution in [0.5, 0.6) is 0 Å². The van der Waals surface area contributed by atoms with Crippen molar-refractivity contribution in [1.82, 2.24) is 10.2 Å². The summed E-state index contributed by atoms with van der Waals surface area (Å²) in [6, 6.07) is 17.2. The van der Waals surface area contributed by atoms with E-state index in [1.807, 2.05) is 68.4 Å². The summed E-state index contributed by atoms with van der Waals surface area (Å²) in [5, 5.41) is 3.62. The van der Waals surface area contributed by atoms with E-state index >= 15 is 0 Å². The Hall–Kier alpha value is -2.33. The Morgan fingerprint density at radius 3 is 2.34 bits per heavy atom. The molecule has 0 spiro atoms. The summed E-state index contributed by atoms with van der Waals surface area (Å²) in [7, 11) is 0. The van der Waals surface area contributed by atoms with Crippen molar-refractivity contribution in [3.05, 3.63) is 70.7 Å². The highest BCUT2D eigenvalue weighted by Gasteiger charge is 2.27. The van der Waals surface area contributed by atoms with Crippen molar-refractivity contribution in [2.45, 2.75) is 52.0 Å². The first-order chi connectivity index (χ1) is 14.1. The number of nitrogens with zero attached hydrogens (tertiary/aromatic N) is 1. The van der Waals surface area contributed by atoms with Crippen LogP contribution in [-0.4, -0.2) is 35.8 Å². The molecule has 0 radical (unpaired) electrons. The first kappa shape index (κ1) is 23.0. The Bertz CT molecular complexity index is 779. The molecule has 2 aromatic carbocycles. The summed E-state index contributed by atoms with van der Waals surface area (Å²) < 4.78 is 0. The molecular weight excluding hydrogens is 384 g/mol. The molecule has 0 heterocycles. The molecule has 156 valence electrons. The standard InChI is InChI=1S/C24H31ClN2O2/c1-3-17-26-24(29)22(4-2)27(18-16-19-10-6-5-7-11-19)23(28)15-14-20-12-8-9-13-21(20)25/h5-13,22H,3-4,14-18H2,1-2H3,(H,26,29). The first-order valence-corrected chi connectivity index (χ1v) is 10.8. The van der Waals surface area contributed by atoms with Gasteiger partial charge in [0.2, 0.25) is 11.8 Å². The maximum absolute atomic E-state index is 13.1. The average Bonchev–Trinajstić information content (AvgIpc) is 2.74. The van der Waals surface area contributed by atoms with E-state index in [1.54, 1.807) is 4.90 Å². The normalized spacial score (nSPS) is 11.7. The number of halogens is 1. The molecule has 0 aliphatic rings. The molecule has 2 aromatic rings. The van der Waals surface area contributed by atoms with Gasteiger partial charge < -0.3 is 10.2 Å². The van der Waals surface area contributed by atoms with Crippen LogP contribution in [-0.2, 0) is 22.4 Å². The van der Waals surface area contributed by atoms with E-state index in [-0.39, 0.29) is 11.8 Å². The predicted molar refractivity (Wildman–Crippen MR) is 119 cm³/mol. The smallest absolute Gasteiger partial charge is 0.242 e. The minimum absolute atomic E-state index is 0.0145. The van der Waals surface area contributed by atoms with Gasteiger partial charge in [-0.3, -0.25) is 9.59 Å². The highest BCUT2D eigenvalue weighted by atomic mass is 35.5. The van der Waals surface area contributed by atoms with Crippen LogP contribution in [0.25, 0.3) is 0 Å². The molecular formula is C24H31ClN2O2. The summed E-state index contributed by atoms with van der Waals surface area (Å²) in [5.41, 5.74) is 2.11. The molecule has 5 heteroatoms. The second-order valence-electron chi connectivity index (χ2n) is 7.13. The van der Waals surface area contributed by atoms with Crippen molar-refractivity contribution in [3.63, 3.8) is 0 Å². The number of rotatable bonds is 11. The Kier molecular flexibility index (Phi) is 9.72. The molecule has 4 nitrogen and oxygen atoms in total. The Morgan fingerprint density at radius 1 is 1.00 bits per heavy atom. The molecule has 0 fully saturated rings. The lowest BCUT2D eigenvalue weighted by atomic mass is 10.1. The fourth-order valence-electron chi connectivity index (χ4n) is 3.35. The predicted octanol–water partition coefficient (Wildman–Crippen LogP) is 4.65. The second-order valence-corrected chi connectivity index (χ2v) is 7.54. The maximum Gasteiger partial charge on any atom is 0.242 e. The van der Waals surface area contributed by atoms with Crippen molar-refractivity contribution in [2.75, 3.05) is 13.1 Å². The molecule has 2 amide bonds. The molecule has 29 heavy (non-hydrogen) atoms. The fourth-order valence-corrected chi connectivity index (χ4v) is 3.58. The topological polar surface area (TPSA) is 49.4 Å². The number of amides is 2. The van der Waals surface area contributed by atoms with Gasteiger partial charge in [-0.15, -0.1) is 0 Å². The first-order valence-electron chi connectivity index (χ1n) is 10.4. The number of hydrogen-bond donors (Lipinski definition) is 1. The van der Waals surface area contributed by atoms with E-state index in [4.69, 9.17) is 11.6 Å². The Balaban J connectivity index is 2.11. The largest absolute Gasteiger partial charge is 0.354 e. The van der Waals surface area contributed by atoms with Gasteiger partial charge in [-0.05, 0) is 42.9 Å². The molecule has 0 bridgehead atoms. The lowest BCUT2D eigenvalue weighted by Gasteiger charge is -2.30. The summed E-state index contributed by atoms with van der Waals surface area (Å²) in [4.78, 5) is 27.6. The third kappa shape index (κ3) is 7.21. The van der Waals surface area contributed by atoms with Crippen LogP contribution in [0, 0.1) is 0 Å². The summed E-state index contributed by atoms with van der Waals surface area (Å²) >= 11 is 6.24. The SMILES string of the molecule is CCCNC(=O)C(CC)N(CCc1ccccc1)C(=O)CCc1ccccc1Cl. The average molecular weight is 415 g/mol. The third-order valence-electron chi connectivity index (χ3n) is 4.99. The van der Waals surface area contributed by atoms with Gasteiger partial charge in [0.25, 0.3) is 0 Å². The van der Waals surface area contributed by atoms with Crippen LogP contribution >= 0.6 is 11.6 Å². The van der Waals surface area contributed by atoms with Crippen LogP contribution in [0.4, 0.5) is 0 Å². The second kappa shape index (κ2) is 12.3. The van der Waals surface area contributed by atoms with Gasteiger partial charge >= 0.3 is 0 Å². The molecule has 0 aliphatic carbocycles. The highest BCUT2D eigenvalue weighted by molar-refractivity contribution is 6.31. The molecule has 0 saturated carbocycles. The van der Waals surface area contributed by atoms with E-state index in [0.29, 0.717) is 37.4 Å². The van der Waals surface area contributed by atoms with E-state index in [9.17, 15) is 9.59 Å². The van der Waals surface area contributed by atoms with Gasteiger partial charge in [-0.2, -0.15) is 0 Å². The van der Waals surface area contributed by atoms with Gasteiger partial charge in [0.1, 0.15) is 6.04 Å². The minimum Gasteiger partial charge on any atom is -0.354 e. The fraction of sp³-hybridized carbons (Fsp3) is 0.417. The Morgan fingerprint density at radius 2 is 1.69 bits per heavy atom. The third-order valence-corrected chi connectivity index (χ3v) is 5.35. The van der Waals surface area contributed by atoms with Gasteiger partial charge in [-0.1, -0.05) is 74.0 Å². The van der Waals surface area contributed by atoms with Gasteiger partial charge in [-0.25, -0.2) is 0 Å². The van der Waals surface area contributed by atoms with Gasteiger partial charge in [0.15, 0.2) is 0 Å². The zero-order chi connectivity index (χ0) is 21.1. The zero-order valence-corrected chi connectivity index (χ0v) is 18.1. The number of benzene rings is 2. The summed E-state index contributed by atoms with van der Waals surface area (Å²) in [6.07, 6.45) is 3.06. The Labute approximate surface area is 179 Å². The number of nitrogens with one attached hydrogen (secondary N) is 1. The van der Waals surface area contributed by atoms with Gasteiger partial charge in [0.05, 0.1) is 0 Å². The molecule has 2 rings (SSSR count). The summed E-state index contributed by atoms with van der Waals surface area (Å²) in [6.45, 7) is 5.11. The number of aryl methyl sites for hydroxylation is 1. The minimum atomic E-state index is -0.455. The highest BCUT2D eigenvalue weighted by Crippen LogP contribution is 2.18. The van der Waals surface area contributed by atoms with Crippen molar-refractivity contribution >= 4 is 23.4 Å². The summed E-state index contributed by atoms with van der Waals surface area (Å²) in [5.74, 6) is -0.0899. The number of carbonyl (C=O) groups excluding carboxylic acids is 2. The lowest BCUT2D eigenvalue weighted by Crippen LogP contribution is -2.50. The number of carbonyl (C=O) groups is 2. The number of hydrogen-bond acceptors (Lipinski definition) is 2. The van der Waals surface area contributed by atoms with Crippen molar-refractivity contribution in [1.29, 1.82) is 0 Å². The quantitative estimate of drug-likeness (QED) is 0.581. The van der Waals surface area contributed by atoms with Crippen LogP contribution in [0.3, 0.4) is 0 Å². The molecule has 0 aromatic heterocycles. The van der Waals surface area contributed by atoms with E-state index < -0.39 is 6.04 Å². The van der Waals surface area contributed by atoms with E-state index in [0.717, 1.165) is 24.0 Å². The lowest BCUT2D eigenvalue weighted by molar-refractivity contribution is -0.140. The van der Waals surface area contributed by atoms with Crippen LogP contribution in [0.1, 0.15) is 44.2 Å². The van der Waals surface area contributed by atoms with Crippen LogP contribution < -0.4 is 5.32 Å².